The molecule has 0 saturated carbocycles. The minimum atomic E-state index is -0.251. The van der Waals surface area contributed by atoms with Crippen molar-refractivity contribution in [3.63, 3.8) is 0 Å². The number of imidazole rings is 1. The predicted molar refractivity (Wildman–Crippen MR) is 103 cm³/mol. The van der Waals surface area contributed by atoms with E-state index in [1.165, 1.54) is 13.8 Å². The molecule has 1 aliphatic rings. The average molecular weight is 377 g/mol. The van der Waals surface area contributed by atoms with Gasteiger partial charge in [0.25, 0.3) is 0 Å². The summed E-state index contributed by atoms with van der Waals surface area (Å²) in [6.07, 6.45) is 3.44. The molecule has 0 atom stereocenters. The van der Waals surface area contributed by atoms with Crippen molar-refractivity contribution >= 4 is 23.5 Å². The Labute approximate surface area is 161 Å². The Balaban J connectivity index is 1.92. The molecule has 142 valence electrons. The molecule has 3 aromatic rings. The molecule has 0 radical (unpaired) electrons. The van der Waals surface area contributed by atoms with Crippen LogP contribution in [0.2, 0.25) is 0 Å². The number of benzene rings is 1. The molecule has 3 heterocycles. The molecule has 9 heteroatoms. The Morgan fingerprint density at radius 3 is 2.57 bits per heavy atom. The lowest BCUT2D eigenvalue weighted by atomic mass is 10.2. The second-order valence-electron chi connectivity index (χ2n) is 6.38. The smallest absolute Gasteiger partial charge is 0.233 e. The number of aliphatic imine (C=N–C) groups is 1. The standard InChI is InChI=1S/C19H19N7O2/c1-13(27)22-17-16-18(25(12-20-17)14(2)28)24(11-15-7-4-3-5-8-15)19(23-16)26-10-6-9-21-26/h3-10H,11-12H2,1-2H3,(H,20,22,27). The van der Waals surface area contributed by atoms with Crippen molar-refractivity contribution in [2.75, 3.05) is 11.6 Å². The number of amides is 2. The van der Waals surface area contributed by atoms with Gasteiger partial charge in [0.2, 0.25) is 17.8 Å². The van der Waals surface area contributed by atoms with Crippen LogP contribution in [0.3, 0.4) is 0 Å². The third kappa shape index (κ3) is 3.18. The van der Waals surface area contributed by atoms with Crippen molar-refractivity contribution in [2.24, 2.45) is 4.99 Å². The molecular formula is C19H19N7O2. The number of rotatable bonds is 3. The van der Waals surface area contributed by atoms with Gasteiger partial charge in [-0.25, -0.2) is 14.7 Å². The molecule has 0 unspecified atom stereocenters. The lowest BCUT2D eigenvalue weighted by Crippen LogP contribution is -2.40. The molecule has 0 bridgehead atoms. The minimum Gasteiger partial charge on any atom is -0.309 e. The molecule has 9 nitrogen and oxygen atoms in total. The maximum atomic E-state index is 12.3. The summed E-state index contributed by atoms with van der Waals surface area (Å²) >= 11 is 0. The van der Waals surface area contributed by atoms with Crippen molar-refractivity contribution in [3.8, 4) is 5.95 Å². The molecule has 1 N–H and O–H groups in total. The number of nitrogens with one attached hydrogen (secondary N) is 1. The van der Waals surface area contributed by atoms with Gasteiger partial charge in [0.15, 0.2) is 11.5 Å². The fourth-order valence-corrected chi connectivity index (χ4v) is 3.14. The van der Waals surface area contributed by atoms with Gasteiger partial charge in [0.1, 0.15) is 12.5 Å². The predicted octanol–water partition coefficient (Wildman–Crippen LogP) is 1.32. The number of aromatic nitrogens is 4. The Hall–Kier alpha value is -3.75. The van der Waals surface area contributed by atoms with Gasteiger partial charge in [-0.3, -0.25) is 19.1 Å². The molecule has 0 spiro atoms. The normalized spacial score (nSPS) is 13.1. The van der Waals surface area contributed by atoms with E-state index in [4.69, 9.17) is 0 Å². The zero-order valence-electron chi connectivity index (χ0n) is 15.5. The highest BCUT2D eigenvalue weighted by atomic mass is 16.2. The van der Waals surface area contributed by atoms with Crippen molar-refractivity contribution < 1.29 is 9.59 Å². The average Bonchev–Trinajstić information content (AvgIpc) is 3.31. The third-order valence-electron chi connectivity index (χ3n) is 4.34. The summed E-state index contributed by atoms with van der Waals surface area (Å²) in [5.41, 5.74) is 1.49. The Kier molecular flexibility index (Phi) is 4.48. The second-order valence-corrected chi connectivity index (χ2v) is 6.38. The van der Waals surface area contributed by atoms with E-state index in [1.807, 2.05) is 34.9 Å². The Bertz CT molecular complexity index is 1050. The zero-order valence-corrected chi connectivity index (χ0v) is 15.5. The van der Waals surface area contributed by atoms with E-state index in [-0.39, 0.29) is 18.5 Å². The lowest BCUT2D eigenvalue weighted by molar-refractivity contribution is -0.117. The molecule has 4 rings (SSSR count). The van der Waals surface area contributed by atoms with Crippen molar-refractivity contribution in [3.05, 3.63) is 60.0 Å². The molecule has 1 aliphatic heterocycles. The van der Waals surface area contributed by atoms with E-state index in [0.717, 1.165) is 5.56 Å². The summed E-state index contributed by atoms with van der Waals surface area (Å²) in [5.74, 6) is 1.05. The number of hydrogen-bond donors (Lipinski definition) is 1. The number of nitrogens with zero attached hydrogens (tertiary/aromatic N) is 6. The largest absolute Gasteiger partial charge is 0.309 e. The van der Waals surface area contributed by atoms with Gasteiger partial charge < -0.3 is 5.32 Å². The number of anilines is 1. The van der Waals surface area contributed by atoms with Crippen LogP contribution >= 0.6 is 0 Å². The number of fused-ring (bicyclic) bond motifs is 1. The first kappa shape index (κ1) is 17.7. The first-order valence-corrected chi connectivity index (χ1v) is 8.79. The van der Waals surface area contributed by atoms with Gasteiger partial charge in [0.05, 0.1) is 6.54 Å². The van der Waals surface area contributed by atoms with E-state index >= 15 is 0 Å². The molecule has 0 fully saturated rings. The number of carbonyl (C=O) groups excluding carboxylic acids is 2. The van der Waals surface area contributed by atoms with Crippen molar-refractivity contribution in [2.45, 2.75) is 20.4 Å². The van der Waals surface area contributed by atoms with E-state index in [1.54, 1.807) is 28.0 Å². The summed E-state index contributed by atoms with van der Waals surface area (Å²) in [7, 11) is 0. The van der Waals surface area contributed by atoms with Crippen LogP contribution in [0.25, 0.3) is 5.95 Å². The van der Waals surface area contributed by atoms with Gasteiger partial charge in [-0.15, -0.1) is 0 Å². The minimum absolute atomic E-state index is 0.108. The van der Waals surface area contributed by atoms with Crippen LogP contribution in [0.5, 0.6) is 0 Å². The first-order chi connectivity index (χ1) is 13.5. The van der Waals surface area contributed by atoms with Gasteiger partial charge >= 0.3 is 0 Å². The highest BCUT2D eigenvalue weighted by Crippen LogP contribution is 2.29. The van der Waals surface area contributed by atoms with Crippen LogP contribution in [0.4, 0.5) is 5.82 Å². The fraction of sp³-hybridized carbons (Fsp3) is 0.211. The molecule has 28 heavy (non-hydrogen) atoms. The summed E-state index contributed by atoms with van der Waals surface area (Å²) in [5, 5.41) is 7.01. The van der Waals surface area contributed by atoms with Crippen LogP contribution in [0.15, 0.2) is 53.8 Å². The fourth-order valence-electron chi connectivity index (χ4n) is 3.14. The molecule has 0 aliphatic carbocycles. The summed E-state index contributed by atoms with van der Waals surface area (Å²) in [6, 6.07) is 11.7. The topological polar surface area (TPSA) is 97.4 Å². The second kappa shape index (κ2) is 7.10. The van der Waals surface area contributed by atoms with E-state index in [2.05, 4.69) is 20.4 Å². The van der Waals surface area contributed by atoms with E-state index < -0.39 is 0 Å². The number of amidine groups is 1. The van der Waals surface area contributed by atoms with Crippen LogP contribution < -0.4 is 10.2 Å². The quantitative estimate of drug-likeness (QED) is 0.744. The maximum Gasteiger partial charge on any atom is 0.233 e. The number of hydrogen-bond acceptors (Lipinski definition) is 5. The highest BCUT2D eigenvalue weighted by Gasteiger charge is 2.32. The van der Waals surface area contributed by atoms with Gasteiger partial charge in [0, 0.05) is 26.2 Å². The van der Waals surface area contributed by atoms with Gasteiger partial charge in [-0.2, -0.15) is 5.10 Å². The molecule has 2 amide bonds. The van der Waals surface area contributed by atoms with E-state index in [0.29, 0.717) is 29.8 Å². The van der Waals surface area contributed by atoms with Crippen molar-refractivity contribution in [1.29, 1.82) is 0 Å². The number of carbonyl (C=O) groups is 2. The van der Waals surface area contributed by atoms with Gasteiger partial charge in [-0.1, -0.05) is 30.3 Å². The highest BCUT2D eigenvalue weighted by molar-refractivity contribution is 6.12. The Morgan fingerprint density at radius 1 is 1.14 bits per heavy atom. The van der Waals surface area contributed by atoms with Crippen LogP contribution in [-0.2, 0) is 16.1 Å². The summed E-state index contributed by atoms with van der Waals surface area (Å²) < 4.78 is 3.54. The van der Waals surface area contributed by atoms with E-state index in [9.17, 15) is 9.59 Å². The van der Waals surface area contributed by atoms with Crippen LogP contribution in [-0.4, -0.2) is 43.7 Å². The first-order valence-electron chi connectivity index (χ1n) is 8.79. The third-order valence-corrected chi connectivity index (χ3v) is 4.34. The summed E-state index contributed by atoms with van der Waals surface area (Å²) in [6.45, 7) is 3.48. The monoisotopic (exact) mass is 377 g/mol. The summed E-state index contributed by atoms with van der Waals surface area (Å²) in [4.78, 5) is 34.5. The van der Waals surface area contributed by atoms with Crippen molar-refractivity contribution in [1.82, 2.24) is 24.6 Å². The SMILES string of the molecule is CC(=O)NC1=NCN(C(C)=O)c2c1nc(-n1cccn1)n2Cc1ccccc1. The van der Waals surface area contributed by atoms with Crippen LogP contribution in [0, 0.1) is 0 Å². The zero-order chi connectivity index (χ0) is 19.7. The molecule has 1 aromatic carbocycles. The maximum absolute atomic E-state index is 12.3. The van der Waals surface area contributed by atoms with Crippen LogP contribution in [0.1, 0.15) is 25.1 Å². The molecule has 0 saturated heterocycles. The lowest BCUT2D eigenvalue weighted by Gasteiger charge is -2.26. The molecular weight excluding hydrogens is 358 g/mol. The molecule has 2 aromatic heterocycles. The Morgan fingerprint density at radius 2 is 1.93 bits per heavy atom. The van der Waals surface area contributed by atoms with Gasteiger partial charge in [-0.05, 0) is 11.6 Å².